The summed E-state index contributed by atoms with van der Waals surface area (Å²) in [6, 6.07) is 39.6. The van der Waals surface area contributed by atoms with Crippen molar-refractivity contribution in [3.8, 4) is 28.2 Å². The third-order valence-corrected chi connectivity index (χ3v) is 6.65. The summed E-state index contributed by atoms with van der Waals surface area (Å²) in [5.74, 6) is 0. The van der Waals surface area contributed by atoms with Crippen LogP contribution in [0.3, 0.4) is 0 Å². The number of anilines is 1. The molecule has 0 radical (unpaired) electrons. The Kier molecular flexibility index (Phi) is 5.67. The molecule has 0 bridgehead atoms. The molecule has 0 atom stereocenters. The van der Waals surface area contributed by atoms with E-state index in [-0.39, 0.29) is 0 Å². The maximum Gasteiger partial charge on any atom is 0.203 e. The van der Waals surface area contributed by atoms with Crippen LogP contribution in [0, 0.1) is 0 Å². The quantitative estimate of drug-likeness (QED) is 0.199. The van der Waals surface area contributed by atoms with Gasteiger partial charge in [-0.3, -0.25) is 5.43 Å². The fourth-order valence-electron chi connectivity index (χ4n) is 4.34. The van der Waals surface area contributed by atoms with Crippen molar-refractivity contribution in [1.29, 1.82) is 0 Å². The first-order valence-corrected chi connectivity index (χ1v) is 12.3. The van der Waals surface area contributed by atoms with Crippen molar-refractivity contribution in [3.63, 3.8) is 0 Å². The van der Waals surface area contributed by atoms with Gasteiger partial charge in [-0.1, -0.05) is 97.1 Å². The van der Waals surface area contributed by atoms with Crippen LogP contribution in [0.25, 0.3) is 39.1 Å². The van der Waals surface area contributed by atoms with Crippen molar-refractivity contribution < 1.29 is 0 Å². The number of hydrogen-bond acceptors (Lipinski definition) is 4. The molecule has 0 fully saturated rings. The molecule has 1 N–H and O–H groups in total. The lowest BCUT2D eigenvalue weighted by Crippen LogP contribution is -1.98. The minimum atomic E-state index is 0.758. The monoisotopic (exact) mass is 470 g/mol. The highest BCUT2D eigenvalue weighted by molar-refractivity contribution is 7.14. The van der Waals surface area contributed by atoms with Gasteiger partial charge in [0, 0.05) is 27.6 Å². The van der Waals surface area contributed by atoms with Gasteiger partial charge < -0.3 is 4.57 Å². The molecular formula is C30H22N4S. The van der Waals surface area contributed by atoms with E-state index in [4.69, 9.17) is 4.98 Å². The fraction of sp³-hybridized carbons (Fsp3) is 0. The molecule has 5 heteroatoms. The molecule has 0 amide bonds. The average molecular weight is 471 g/mol. The second-order valence-corrected chi connectivity index (χ2v) is 8.95. The Hall–Kier alpha value is -4.48. The minimum absolute atomic E-state index is 0.758. The van der Waals surface area contributed by atoms with Crippen molar-refractivity contribution in [2.45, 2.75) is 0 Å². The van der Waals surface area contributed by atoms with Crippen LogP contribution in [0.15, 0.2) is 126 Å². The molecule has 168 valence electrons. The van der Waals surface area contributed by atoms with Crippen LogP contribution in [0.1, 0.15) is 5.56 Å². The molecule has 0 aliphatic carbocycles. The number of hydrogen-bond donors (Lipinski definition) is 1. The Morgan fingerprint density at radius 2 is 1.34 bits per heavy atom. The molecule has 6 aromatic rings. The van der Waals surface area contributed by atoms with Crippen molar-refractivity contribution in [1.82, 2.24) is 9.55 Å². The number of hydrazone groups is 1. The number of para-hydroxylation sites is 2. The number of fused-ring (bicyclic) bond motifs is 1. The van der Waals surface area contributed by atoms with Crippen LogP contribution in [0.2, 0.25) is 0 Å². The number of rotatable bonds is 6. The molecule has 0 aliphatic heterocycles. The largest absolute Gasteiger partial charge is 0.309 e. The molecule has 0 unspecified atom stereocenters. The van der Waals surface area contributed by atoms with Crippen LogP contribution < -0.4 is 5.43 Å². The SMILES string of the molecule is C(=N\Nc1nc(-c2ccccc2)cs1)/c1c(-c2ccccc2)n(-c2ccccc2)c2ccccc12. The standard InChI is InChI=1S/C30H22N4S/c1-4-12-22(13-5-1)27-21-35-30(32-27)33-31-20-26-25-18-10-11-19-28(25)34(24-16-8-3-9-17-24)29(26)23-14-6-2-7-15-23/h1-21H,(H,32,33)/b31-20+. The minimum Gasteiger partial charge on any atom is -0.309 e. The summed E-state index contributed by atoms with van der Waals surface area (Å²) < 4.78 is 2.31. The van der Waals surface area contributed by atoms with Crippen molar-refractivity contribution in [3.05, 3.63) is 126 Å². The van der Waals surface area contributed by atoms with E-state index >= 15 is 0 Å². The van der Waals surface area contributed by atoms with Crippen LogP contribution >= 0.6 is 11.3 Å². The molecule has 35 heavy (non-hydrogen) atoms. The van der Waals surface area contributed by atoms with E-state index in [9.17, 15) is 0 Å². The molecule has 4 aromatic carbocycles. The van der Waals surface area contributed by atoms with E-state index in [1.54, 1.807) is 11.3 Å². The van der Waals surface area contributed by atoms with Crippen LogP contribution in [0.4, 0.5) is 5.13 Å². The van der Waals surface area contributed by atoms with E-state index in [2.05, 4.69) is 100 Å². The Morgan fingerprint density at radius 3 is 2.09 bits per heavy atom. The molecule has 2 heterocycles. The predicted octanol–water partition coefficient (Wildman–Crippen LogP) is 7.87. The Labute approximate surface area is 207 Å². The number of nitrogens with zero attached hydrogens (tertiary/aromatic N) is 3. The van der Waals surface area contributed by atoms with Crippen molar-refractivity contribution in [2.75, 3.05) is 5.43 Å². The maximum atomic E-state index is 4.70. The lowest BCUT2D eigenvalue weighted by molar-refractivity contribution is 1.13. The van der Waals surface area contributed by atoms with Crippen LogP contribution in [-0.2, 0) is 0 Å². The molecule has 2 aromatic heterocycles. The zero-order valence-electron chi connectivity index (χ0n) is 18.9. The van der Waals surface area contributed by atoms with Gasteiger partial charge in [-0.25, -0.2) is 4.98 Å². The van der Waals surface area contributed by atoms with E-state index < -0.39 is 0 Å². The van der Waals surface area contributed by atoms with Gasteiger partial charge in [0.25, 0.3) is 0 Å². The number of aromatic nitrogens is 2. The maximum absolute atomic E-state index is 4.70. The molecule has 0 aliphatic rings. The first-order chi connectivity index (χ1) is 17.4. The van der Waals surface area contributed by atoms with Crippen molar-refractivity contribution >= 4 is 33.6 Å². The lowest BCUT2D eigenvalue weighted by Gasteiger charge is -2.12. The summed E-state index contributed by atoms with van der Waals surface area (Å²) >= 11 is 1.54. The second-order valence-electron chi connectivity index (χ2n) is 8.09. The fourth-order valence-corrected chi connectivity index (χ4v) is 5.01. The highest BCUT2D eigenvalue weighted by atomic mass is 32.1. The molecular weight excluding hydrogens is 448 g/mol. The zero-order valence-corrected chi connectivity index (χ0v) is 19.7. The first-order valence-electron chi connectivity index (χ1n) is 11.4. The van der Waals surface area contributed by atoms with Gasteiger partial charge in [0.2, 0.25) is 5.13 Å². The Balaban J connectivity index is 1.44. The summed E-state index contributed by atoms with van der Waals surface area (Å²) in [6.45, 7) is 0. The highest BCUT2D eigenvalue weighted by Gasteiger charge is 2.18. The number of benzene rings is 4. The van der Waals surface area contributed by atoms with E-state index in [0.29, 0.717) is 0 Å². The van der Waals surface area contributed by atoms with Crippen molar-refractivity contribution in [2.24, 2.45) is 5.10 Å². The van der Waals surface area contributed by atoms with Gasteiger partial charge in [0.1, 0.15) is 0 Å². The smallest absolute Gasteiger partial charge is 0.203 e. The summed E-state index contributed by atoms with van der Waals surface area (Å²) in [4.78, 5) is 4.70. The molecule has 0 saturated carbocycles. The second kappa shape index (κ2) is 9.41. The topological polar surface area (TPSA) is 42.2 Å². The third kappa shape index (κ3) is 4.14. The molecule has 4 nitrogen and oxygen atoms in total. The van der Waals surface area contributed by atoms with Crippen LogP contribution in [0.5, 0.6) is 0 Å². The molecule has 0 spiro atoms. The van der Waals surface area contributed by atoms with E-state index in [1.807, 2.05) is 41.9 Å². The number of thiazole rings is 1. The summed E-state index contributed by atoms with van der Waals surface area (Å²) in [7, 11) is 0. The van der Waals surface area contributed by atoms with Gasteiger partial charge in [0.15, 0.2) is 0 Å². The van der Waals surface area contributed by atoms with Gasteiger partial charge in [0.05, 0.1) is 23.1 Å². The Bertz CT molecular complexity index is 1600. The van der Waals surface area contributed by atoms with E-state index in [1.165, 1.54) is 0 Å². The summed E-state index contributed by atoms with van der Waals surface area (Å²) in [5.41, 5.74) is 10.7. The van der Waals surface area contributed by atoms with Gasteiger partial charge in [-0.2, -0.15) is 5.10 Å². The zero-order chi connectivity index (χ0) is 23.5. The van der Waals surface area contributed by atoms with Gasteiger partial charge >= 0.3 is 0 Å². The average Bonchev–Trinajstić information content (AvgIpc) is 3.53. The summed E-state index contributed by atoms with van der Waals surface area (Å²) in [6.07, 6.45) is 1.91. The normalized spacial score (nSPS) is 11.3. The van der Waals surface area contributed by atoms with Crippen LogP contribution in [-0.4, -0.2) is 15.8 Å². The molecule has 6 rings (SSSR count). The summed E-state index contributed by atoms with van der Waals surface area (Å²) in [5, 5.41) is 8.57. The Morgan fingerprint density at radius 1 is 0.714 bits per heavy atom. The third-order valence-electron chi connectivity index (χ3n) is 5.90. The van der Waals surface area contributed by atoms with Gasteiger partial charge in [-0.05, 0) is 23.8 Å². The van der Waals surface area contributed by atoms with E-state index in [0.717, 1.165) is 49.8 Å². The lowest BCUT2D eigenvalue weighted by atomic mass is 10.1. The molecule has 0 saturated heterocycles. The number of nitrogens with one attached hydrogen (secondary N) is 1. The van der Waals surface area contributed by atoms with Gasteiger partial charge in [-0.15, -0.1) is 11.3 Å². The highest BCUT2D eigenvalue weighted by Crippen LogP contribution is 2.35. The first kappa shape index (κ1) is 21.1. The predicted molar refractivity (Wildman–Crippen MR) is 147 cm³/mol.